The molecule has 4 atom stereocenters. The lowest BCUT2D eigenvalue weighted by molar-refractivity contribution is -0.149. The van der Waals surface area contributed by atoms with Crippen LogP contribution in [0.3, 0.4) is 0 Å². The van der Waals surface area contributed by atoms with Crippen molar-refractivity contribution in [2.45, 2.75) is 76.9 Å². The molecule has 2 rings (SSSR count). The Hall–Kier alpha value is -3.44. The Morgan fingerprint density at radius 1 is 0.939 bits per heavy atom. The molecule has 0 bridgehead atoms. The molecule has 1 unspecified atom stereocenters. The zero-order valence-electron chi connectivity index (χ0n) is 29.8. The van der Waals surface area contributed by atoms with E-state index in [4.69, 9.17) is 19.3 Å². The number of hydrogen-bond acceptors (Lipinski definition) is 9. The summed E-state index contributed by atoms with van der Waals surface area (Å²) in [5.74, 6) is -3.15. The Bertz CT molecular complexity index is 1370. The standard InChI is InChI=1S/C33H49N5O7S.ClH.2H2O/c1-22-17-25(40)18-23(2)26(22)20-28(35)33(44)38(32(43)27(34)13-16-46(3)45)21-30(41)37-29(19-24-11-7-6-8-12-24)31(42)36-14-9-4-5-10-15-39;;;/h6-8,11-12,17-18,27-29,39-40H,4-5,9-10,13-16,19-21,34-35H2,1-3H3,(H,36,42)(H,37,41);1H;2*1H2/t27-,28+,29+,46?;;;/m1.../s1/i1D,2D;;;. The summed E-state index contributed by atoms with van der Waals surface area (Å²) in [6.07, 6.45) is 4.35. The van der Waals surface area contributed by atoms with Gasteiger partial charge in [-0.2, -0.15) is 0 Å². The van der Waals surface area contributed by atoms with Crippen molar-refractivity contribution >= 4 is 46.8 Å². The van der Waals surface area contributed by atoms with Crippen LogP contribution in [0.15, 0.2) is 42.5 Å². The summed E-state index contributed by atoms with van der Waals surface area (Å²) >= 11 is 0. The number of aryl methyl sites for hydroxylation is 2. The van der Waals surface area contributed by atoms with Crippen LogP contribution in [0.2, 0.25) is 0 Å². The number of nitrogens with zero attached hydrogens (tertiary/aromatic N) is 1. The molecule has 0 aromatic heterocycles. The highest BCUT2D eigenvalue weighted by Gasteiger charge is 2.33. The first-order valence-corrected chi connectivity index (χ1v) is 16.9. The maximum Gasteiger partial charge on any atom is 0.246 e. The smallest absolute Gasteiger partial charge is 0.246 e. The van der Waals surface area contributed by atoms with Crippen LogP contribution >= 0.6 is 12.4 Å². The van der Waals surface area contributed by atoms with Crippen molar-refractivity contribution in [2.24, 2.45) is 11.5 Å². The van der Waals surface area contributed by atoms with Crippen LogP contribution in [0.5, 0.6) is 5.75 Å². The molecule has 0 saturated heterocycles. The summed E-state index contributed by atoms with van der Waals surface area (Å²) in [5, 5.41) is 24.4. The number of rotatable bonds is 19. The fourth-order valence-electron chi connectivity index (χ4n) is 4.80. The number of aromatic hydroxyl groups is 1. The molecule has 0 spiro atoms. The van der Waals surface area contributed by atoms with Gasteiger partial charge in [0.1, 0.15) is 18.3 Å². The Kier molecular flexibility index (Phi) is 21.9. The lowest BCUT2D eigenvalue weighted by Crippen LogP contribution is -2.57. The largest absolute Gasteiger partial charge is 0.508 e. The van der Waals surface area contributed by atoms with Gasteiger partial charge in [-0.05, 0) is 73.9 Å². The molecule has 0 saturated carbocycles. The molecule has 2 aromatic carbocycles. The van der Waals surface area contributed by atoms with Crippen LogP contribution in [0.4, 0.5) is 0 Å². The van der Waals surface area contributed by atoms with Crippen LogP contribution in [-0.4, -0.2) is 104 Å². The van der Waals surface area contributed by atoms with Crippen molar-refractivity contribution in [3.8, 4) is 5.75 Å². The van der Waals surface area contributed by atoms with E-state index in [1.807, 2.05) is 6.07 Å². The lowest BCUT2D eigenvalue weighted by atomic mass is 9.95. The molecule has 49 heavy (non-hydrogen) atoms. The van der Waals surface area contributed by atoms with Gasteiger partial charge in [0.2, 0.25) is 23.6 Å². The molecule has 0 aliphatic carbocycles. The van der Waals surface area contributed by atoms with Crippen molar-refractivity contribution in [3.05, 3.63) is 64.7 Å². The van der Waals surface area contributed by atoms with Crippen molar-refractivity contribution in [2.75, 3.05) is 31.7 Å². The third kappa shape index (κ3) is 16.7. The summed E-state index contributed by atoms with van der Waals surface area (Å²) in [6, 6.07) is 8.02. The molecule has 14 nitrogen and oxygen atoms in total. The van der Waals surface area contributed by atoms with E-state index >= 15 is 0 Å². The Morgan fingerprint density at radius 2 is 1.53 bits per heavy atom. The minimum absolute atomic E-state index is 0. The fourth-order valence-corrected chi connectivity index (χ4v) is 5.38. The van der Waals surface area contributed by atoms with Gasteiger partial charge < -0.3 is 43.3 Å². The van der Waals surface area contributed by atoms with Gasteiger partial charge >= 0.3 is 0 Å². The summed E-state index contributed by atoms with van der Waals surface area (Å²) in [6.45, 7) is -0.845. The van der Waals surface area contributed by atoms with Gasteiger partial charge in [-0.15, -0.1) is 12.4 Å². The monoisotopic (exact) mass is 733 g/mol. The molecular formula is C33H54ClN5O9S. The number of nitrogens with one attached hydrogen (secondary N) is 2. The Balaban J connectivity index is 0. The van der Waals surface area contributed by atoms with Gasteiger partial charge in [0.15, 0.2) is 0 Å². The number of nitrogens with two attached hydrogens (primary N) is 2. The minimum Gasteiger partial charge on any atom is -0.508 e. The number of phenolic OH excluding ortho intramolecular Hbond substituents is 1. The Labute approximate surface area is 299 Å². The number of imide groups is 1. The molecule has 2 aromatic rings. The molecule has 4 amide bonds. The Morgan fingerprint density at radius 3 is 2.10 bits per heavy atom. The highest BCUT2D eigenvalue weighted by atomic mass is 35.5. The topological polar surface area (TPSA) is 268 Å². The maximum atomic E-state index is 13.7. The second kappa shape index (κ2) is 24.7. The predicted octanol–water partition coefficient (Wildman–Crippen LogP) is -0.501. The van der Waals surface area contributed by atoms with Gasteiger partial charge in [-0.3, -0.25) is 28.3 Å². The predicted molar refractivity (Wildman–Crippen MR) is 193 cm³/mol. The molecule has 0 radical (unpaired) electrons. The highest BCUT2D eigenvalue weighted by Crippen LogP contribution is 2.22. The van der Waals surface area contributed by atoms with Crippen LogP contribution in [0.1, 0.15) is 57.1 Å². The van der Waals surface area contributed by atoms with E-state index in [1.165, 1.54) is 18.4 Å². The highest BCUT2D eigenvalue weighted by molar-refractivity contribution is 7.84. The number of benzene rings is 2. The van der Waals surface area contributed by atoms with Gasteiger partial charge in [-0.1, -0.05) is 43.2 Å². The number of aliphatic hydroxyl groups excluding tert-OH is 1. The average molecular weight is 734 g/mol. The van der Waals surface area contributed by atoms with Crippen LogP contribution in [-0.2, 0) is 42.8 Å². The van der Waals surface area contributed by atoms with Crippen molar-refractivity contribution in [1.29, 1.82) is 0 Å². The lowest BCUT2D eigenvalue weighted by Gasteiger charge is -2.27. The zero-order chi connectivity index (χ0) is 35.6. The number of carbonyl (C=O) groups excluding carboxylic acids is 4. The number of phenols is 1. The van der Waals surface area contributed by atoms with Gasteiger partial charge in [0.05, 0.1) is 12.1 Å². The number of unbranched alkanes of at least 4 members (excludes halogenated alkanes) is 3. The van der Waals surface area contributed by atoms with Crippen LogP contribution in [0.25, 0.3) is 0 Å². The van der Waals surface area contributed by atoms with E-state index in [9.17, 15) is 28.5 Å². The van der Waals surface area contributed by atoms with E-state index < -0.39 is 59.1 Å². The van der Waals surface area contributed by atoms with Crippen LogP contribution in [0, 0.1) is 13.8 Å². The molecule has 0 aliphatic rings. The number of halogens is 1. The SMILES string of the molecule is Cl.O.O.[2H]Cc1cc(O)cc(C[2H])c1C[C@H](N)C(=O)N(CC(=O)N[C@@H](Cc1ccccc1)C(=O)NCCCCCCO)C(=O)[C@H](N)CCS(C)=O. The molecule has 0 fully saturated rings. The zero-order valence-corrected chi connectivity index (χ0v) is 29.5. The first-order chi connectivity index (χ1) is 22.9. The average Bonchev–Trinajstić information content (AvgIpc) is 3.07. The van der Waals surface area contributed by atoms with Crippen LogP contribution < -0.4 is 22.1 Å². The molecular weight excluding hydrogens is 678 g/mol. The summed E-state index contributed by atoms with van der Waals surface area (Å²) in [4.78, 5) is 54.5. The van der Waals surface area contributed by atoms with E-state index in [0.717, 1.165) is 18.4 Å². The first-order valence-electron chi connectivity index (χ1n) is 16.6. The van der Waals surface area contributed by atoms with Crippen molar-refractivity contribution < 1.29 is 47.3 Å². The number of aliphatic hydroxyl groups is 1. The van der Waals surface area contributed by atoms with E-state index in [-0.39, 0.29) is 74.5 Å². The van der Waals surface area contributed by atoms with Gasteiger partial charge in [0, 0.05) is 45.1 Å². The maximum absolute atomic E-state index is 13.7. The molecule has 12 N–H and O–H groups in total. The summed E-state index contributed by atoms with van der Waals surface area (Å²) in [5.41, 5.74) is 14.3. The third-order valence-corrected chi connectivity index (χ3v) is 8.16. The van der Waals surface area contributed by atoms with E-state index in [1.54, 1.807) is 24.3 Å². The molecule has 0 aliphatic heterocycles. The number of amides is 4. The first kappa shape index (κ1) is 43.6. The van der Waals surface area contributed by atoms with E-state index in [0.29, 0.717) is 41.0 Å². The quantitative estimate of drug-likeness (QED) is 0.101. The van der Waals surface area contributed by atoms with Gasteiger partial charge in [0.25, 0.3) is 0 Å². The normalized spacial score (nSPS) is 13.4. The number of hydrogen-bond donors (Lipinski definition) is 6. The summed E-state index contributed by atoms with van der Waals surface area (Å²) < 4.78 is 27.4. The third-order valence-electron chi connectivity index (χ3n) is 7.35. The fraction of sp³-hybridized carbons (Fsp3) is 0.515. The van der Waals surface area contributed by atoms with E-state index in [2.05, 4.69) is 10.6 Å². The molecule has 278 valence electrons. The molecule has 0 heterocycles. The second-order valence-electron chi connectivity index (χ2n) is 11.2. The number of carbonyl (C=O) groups is 4. The summed E-state index contributed by atoms with van der Waals surface area (Å²) in [7, 11) is -1.27. The second-order valence-corrected chi connectivity index (χ2v) is 12.8. The molecule has 16 heteroatoms. The van der Waals surface area contributed by atoms with Crippen molar-refractivity contribution in [1.82, 2.24) is 15.5 Å². The van der Waals surface area contributed by atoms with Gasteiger partial charge in [-0.25, -0.2) is 0 Å². The minimum atomic E-state index is -1.39. The van der Waals surface area contributed by atoms with Crippen molar-refractivity contribution in [3.63, 3.8) is 0 Å².